The van der Waals surface area contributed by atoms with Crippen LogP contribution in [0.15, 0.2) is 0 Å². The van der Waals surface area contributed by atoms with Gasteiger partial charge >= 0.3 is 0 Å². The molecule has 0 bridgehead atoms. The van der Waals surface area contributed by atoms with Crippen molar-refractivity contribution in [3.63, 3.8) is 0 Å². The van der Waals surface area contributed by atoms with E-state index in [1.807, 2.05) is 0 Å². The van der Waals surface area contributed by atoms with Gasteiger partial charge in [-0.2, -0.15) is 0 Å². The summed E-state index contributed by atoms with van der Waals surface area (Å²) in [6, 6.07) is 0.320. The third-order valence-corrected chi connectivity index (χ3v) is 4.08. The minimum atomic E-state index is 0.0765. The number of hydrazine groups is 1. The first kappa shape index (κ1) is 14.9. The van der Waals surface area contributed by atoms with Crippen molar-refractivity contribution in [2.75, 3.05) is 26.3 Å². The highest BCUT2D eigenvalue weighted by Gasteiger charge is 2.38. The van der Waals surface area contributed by atoms with Crippen molar-refractivity contribution in [1.29, 1.82) is 0 Å². The number of nitrogens with one attached hydrogen (secondary N) is 1. The fourth-order valence-corrected chi connectivity index (χ4v) is 3.02. The monoisotopic (exact) mass is 243 g/mol. The van der Waals surface area contributed by atoms with Crippen molar-refractivity contribution in [3.8, 4) is 0 Å². The number of nitrogens with two attached hydrogens (primary N) is 1. The van der Waals surface area contributed by atoms with Crippen LogP contribution < -0.4 is 11.3 Å². The van der Waals surface area contributed by atoms with Crippen molar-refractivity contribution in [1.82, 2.24) is 10.3 Å². The van der Waals surface area contributed by atoms with E-state index >= 15 is 0 Å². The Morgan fingerprint density at radius 3 is 2.41 bits per heavy atom. The Balaban J connectivity index is 2.69. The van der Waals surface area contributed by atoms with Gasteiger partial charge < -0.3 is 4.74 Å². The molecule has 0 amide bonds. The molecule has 2 unspecified atom stereocenters. The van der Waals surface area contributed by atoms with E-state index in [4.69, 9.17) is 10.6 Å². The van der Waals surface area contributed by atoms with E-state index in [1.165, 1.54) is 12.8 Å². The minimum Gasteiger partial charge on any atom is -0.379 e. The lowest BCUT2D eigenvalue weighted by molar-refractivity contribution is -0.0311. The van der Waals surface area contributed by atoms with Gasteiger partial charge in [-0.15, -0.1) is 0 Å². The van der Waals surface area contributed by atoms with Gasteiger partial charge in [0.15, 0.2) is 0 Å². The predicted molar refractivity (Wildman–Crippen MR) is 71.7 cm³/mol. The number of rotatable bonds is 6. The molecule has 0 aromatic heterocycles. The van der Waals surface area contributed by atoms with Gasteiger partial charge in [0.1, 0.15) is 0 Å². The van der Waals surface area contributed by atoms with Crippen LogP contribution in [-0.4, -0.2) is 42.8 Å². The van der Waals surface area contributed by atoms with E-state index in [2.05, 4.69) is 38.0 Å². The van der Waals surface area contributed by atoms with Gasteiger partial charge in [-0.3, -0.25) is 16.2 Å². The molecule has 1 saturated heterocycles. The van der Waals surface area contributed by atoms with Gasteiger partial charge in [0.05, 0.1) is 13.2 Å². The van der Waals surface area contributed by atoms with Gasteiger partial charge in [-0.1, -0.05) is 20.3 Å². The molecule has 1 aliphatic rings. The largest absolute Gasteiger partial charge is 0.379 e. The molecule has 1 fully saturated rings. The number of ether oxygens (including phenoxy) is 1. The molecule has 102 valence electrons. The second-order valence-corrected chi connectivity index (χ2v) is 5.66. The Labute approximate surface area is 106 Å². The Hall–Kier alpha value is -0.160. The summed E-state index contributed by atoms with van der Waals surface area (Å²) in [6.07, 6.45) is 2.42. The summed E-state index contributed by atoms with van der Waals surface area (Å²) < 4.78 is 5.42. The number of nitrogens with zero attached hydrogens (tertiary/aromatic N) is 1. The van der Waals surface area contributed by atoms with Crippen LogP contribution in [0, 0.1) is 5.92 Å². The van der Waals surface area contributed by atoms with E-state index in [9.17, 15) is 0 Å². The molecule has 3 N–H and O–H groups in total. The fourth-order valence-electron chi connectivity index (χ4n) is 3.02. The Bertz CT molecular complexity index is 215. The fraction of sp³-hybridized carbons (Fsp3) is 1.00. The van der Waals surface area contributed by atoms with E-state index in [0.29, 0.717) is 12.0 Å². The van der Waals surface area contributed by atoms with Gasteiger partial charge in [0.25, 0.3) is 0 Å². The van der Waals surface area contributed by atoms with Gasteiger partial charge in [0.2, 0.25) is 0 Å². The first-order valence-corrected chi connectivity index (χ1v) is 6.83. The van der Waals surface area contributed by atoms with E-state index in [-0.39, 0.29) is 5.54 Å². The SMILES string of the molecule is CCCC(C)C(NN)C(C)(C)N1CCOCC1. The molecule has 4 heteroatoms. The van der Waals surface area contributed by atoms with Crippen LogP contribution in [0.3, 0.4) is 0 Å². The summed E-state index contributed by atoms with van der Waals surface area (Å²) >= 11 is 0. The van der Waals surface area contributed by atoms with Gasteiger partial charge in [0, 0.05) is 24.7 Å². The summed E-state index contributed by atoms with van der Waals surface area (Å²) in [4.78, 5) is 2.49. The summed E-state index contributed by atoms with van der Waals surface area (Å²) in [5, 5.41) is 0. The molecule has 0 saturated carbocycles. The summed E-state index contributed by atoms with van der Waals surface area (Å²) in [6.45, 7) is 12.8. The lowest BCUT2D eigenvalue weighted by atomic mass is 9.82. The standard InChI is InChI=1S/C13H29N3O/c1-5-6-11(2)12(15-14)13(3,4)16-7-9-17-10-8-16/h11-12,15H,5-10,14H2,1-4H3. The molecule has 0 spiro atoms. The summed E-state index contributed by atoms with van der Waals surface area (Å²) in [7, 11) is 0. The molecule has 1 heterocycles. The van der Waals surface area contributed by atoms with Crippen LogP contribution in [-0.2, 0) is 4.74 Å². The van der Waals surface area contributed by atoms with Gasteiger partial charge in [-0.05, 0) is 26.2 Å². The number of morpholine rings is 1. The molecule has 0 radical (unpaired) electrons. The zero-order chi connectivity index (χ0) is 12.9. The maximum Gasteiger partial charge on any atom is 0.0594 e. The quantitative estimate of drug-likeness (QED) is 0.546. The highest BCUT2D eigenvalue weighted by molar-refractivity contribution is 4.95. The highest BCUT2D eigenvalue weighted by Crippen LogP contribution is 2.27. The van der Waals surface area contributed by atoms with Crippen LogP contribution >= 0.6 is 0 Å². The Morgan fingerprint density at radius 1 is 1.35 bits per heavy atom. The van der Waals surface area contributed by atoms with Crippen LogP contribution in [0.5, 0.6) is 0 Å². The zero-order valence-electron chi connectivity index (χ0n) is 11.8. The smallest absolute Gasteiger partial charge is 0.0594 e. The maximum atomic E-state index is 5.79. The minimum absolute atomic E-state index is 0.0765. The molecular weight excluding hydrogens is 214 g/mol. The molecule has 0 aromatic rings. The van der Waals surface area contributed by atoms with Crippen LogP contribution in [0.25, 0.3) is 0 Å². The molecular formula is C13H29N3O. The molecule has 17 heavy (non-hydrogen) atoms. The first-order chi connectivity index (χ1) is 8.04. The van der Waals surface area contributed by atoms with E-state index < -0.39 is 0 Å². The number of hydrogen-bond donors (Lipinski definition) is 2. The summed E-state index contributed by atoms with van der Waals surface area (Å²) in [5.74, 6) is 6.37. The van der Waals surface area contributed by atoms with Gasteiger partial charge in [-0.25, -0.2) is 0 Å². The Kier molecular flexibility index (Phi) is 5.86. The average molecular weight is 243 g/mol. The third-order valence-electron chi connectivity index (χ3n) is 4.08. The van der Waals surface area contributed by atoms with E-state index in [1.54, 1.807) is 0 Å². The number of hydrogen-bond acceptors (Lipinski definition) is 4. The molecule has 0 aliphatic carbocycles. The lowest BCUT2D eigenvalue weighted by Crippen LogP contribution is -2.63. The van der Waals surface area contributed by atoms with Crippen molar-refractivity contribution in [3.05, 3.63) is 0 Å². The maximum absolute atomic E-state index is 5.79. The first-order valence-electron chi connectivity index (χ1n) is 6.83. The van der Waals surface area contributed by atoms with Crippen LogP contribution in [0.4, 0.5) is 0 Å². The van der Waals surface area contributed by atoms with Crippen LogP contribution in [0.2, 0.25) is 0 Å². The van der Waals surface area contributed by atoms with Crippen molar-refractivity contribution in [2.24, 2.45) is 11.8 Å². The average Bonchev–Trinajstić information content (AvgIpc) is 2.31. The lowest BCUT2D eigenvalue weighted by Gasteiger charge is -2.47. The van der Waals surface area contributed by atoms with E-state index in [0.717, 1.165) is 26.3 Å². The van der Waals surface area contributed by atoms with Crippen molar-refractivity contribution in [2.45, 2.75) is 52.1 Å². The predicted octanol–water partition coefficient (Wildman–Crippen LogP) is 1.37. The second kappa shape index (κ2) is 6.69. The van der Waals surface area contributed by atoms with Crippen molar-refractivity contribution >= 4 is 0 Å². The van der Waals surface area contributed by atoms with Crippen molar-refractivity contribution < 1.29 is 4.74 Å². The zero-order valence-corrected chi connectivity index (χ0v) is 11.8. The molecule has 1 rings (SSSR count). The normalized spacial score (nSPS) is 22.4. The molecule has 1 aliphatic heterocycles. The Morgan fingerprint density at radius 2 is 1.94 bits per heavy atom. The molecule has 4 nitrogen and oxygen atoms in total. The summed E-state index contributed by atoms with van der Waals surface area (Å²) in [5.41, 5.74) is 3.12. The topological polar surface area (TPSA) is 50.5 Å². The molecule has 0 aromatic carbocycles. The third kappa shape index (κ3) is 3.65. The highest BCUT2D eigenvalue weighted by atomic mass is 16.5. The molecule has 2 atom stereocenters. The second-order valence-electron chi connectivity index (χ2n) is 5.66. The van der Waals surface area contributed by atoms with Crippen LogP contribution in [0.1, 0.15) is 40.5 Å².